The second-order valence-electron chi connectivity index (χ2n) is 4.45. The van der Waals surface area contributed by atoms with Crippen LogP contribution in [-0.4, -0.2) is 26.8 Å². The predicted octanol–water partition coefficient (Wildman–Crippen LogP) is 2.91. The van der Waals surface area contributed by atoms with Crippen molar-refractivity contribution in [3.8, 4) is 0 Å². The fraction of sp³-hybridized carbons (Fsp3) is 0.385. The van der Waals surface area contributed by atoms with Crippen LogP contribution >= 0.6 is 22.7 Å². The van der Waals surface area contributed by atoms with Crippen LogP contribution in [0.1, 0.15) is 22.7 Å². The van der Waals surface area contributed by atoms with Gasteiger partial charge in [-0.15, -0.1) is 22.7 Å². The van der Waals surface area contributed by atoms with Crippen LogP contribution in [0.5, 0.6) is 0 Å². The van der Waals surface area contributed by atoms with E-state index in [-0.39, 0.29) is 6.04 Å². The summed E-state index contributed by atoms with van der Waals surface area (Å²) < 4.78 is 26.9. The standard InChI is InChI=1S/C13H18N2O2S3/c1-10(11-5-4-7-18-11)15(3)20(16,17)13-6-8-19-12(13)9-14-2/h4-8,10,14H,9H2,1-3H3. The summed E-state index contributed by atoms with van der Waals surface area (Å²) in [7, 11) is -0.0103. The minimum atomic E-state index is -3.46. The fourth-order valence-electron chi connectivity index (χ4n) is 1.92. The maximum Gasteiger partial charge on any atom is 0.244 e. The molecule has 0 radical (unpaired) electrons. The van der Waals surface area contributed by atoms with E-state index in [1.807, 2.05) is 36.9 Å². The number of nitrogens with zero attached hydrogens (tertiary/aromatic N) is 1. The second-order valence-corrected chi connectivity index (χ2v) is 8.40. The van der Waals surface area contributed by atoms with Gasteiger partial charge in [0.05, 0.1) is 10.9 Å². The molecule has 2 heterocycles. The highest BCUT2D eigenvalue weighted by Crippen LogP contribution is 2.31. The maximum absolute atomic E-state index is 12.7. The summed E-state index contributed by atoms with van der Waals surface area (Å²) in [6, 6.07) is 5.42. The molecule has 2 aromatic heterocycles. The molecule has 0 bridgehead atoms. The zero-order chi connectivity index (χ0) is 14.8. The van der Waals surface area contributed by atoms with Gasteiger partial charge in [-0.3, -0.25) is 0 Å². The zero-order valence-electron chi connectivity index (χ0n) is 11.7. The molecule has 2 rings (SSSR count). The molecular weight excluding hydrogens is 312 g/mol. The summed E-state index contributed by atoms with van der Waals surface area (Å²) in [6.07, 6.45) is 0. The maximum atomic E-state index is 12.7. The highest BCUT2D eigenvalue weighted by molar-refractivity contribution is 7.89. The van der Waals surface area contributed by atoms with Gasteiger partial charge in [0.1, 0.15) is 0 Å². The molecule has 0 aliphatic heterocycles. The van der Waals surface area contributed by atoms with Crippen LogP contribution in [0.2, 0.25) is 0 Å². The summed E-state index contributed by atoms with van der Waals surface area (Å²) in [6.45, 7) is 2.47. The number of sulfonamides is 1. The third-order valence-electron chi connectivity index (χ3n) is 3.20. The molecule has 110 valence electrons. The monoisotopic (exact) mass is 330 g/mol. The van der Waals surface area contributed by atoms with Gasteiger partial charge in [0.25, 0.3) is 0 Å². The average molecular weight is 330 g/mol. The molecule has 1 atom stereocenters. The smallest absolute Gasteiger partial charge is 0.244 e. The van der Waals surface area contributed by atoms with Crippen LogP contribution in [0.4, 0.5) is 0 Å². The zero-order valence-corrected chi connectivity index (χ0v) is 14.1. The van der Waals surface area contributed by atoms with Gasteiger partial charge in [0, 0.05) is 23.3 Å². The summed E-state index contributed by atoms with van der Waals surface area (Å²) in [5.41, 5.74) is 0. The topological polar surface area (TPSA) is 49.4 Å². The Hall–Kier alpha value is -0.730. The van der Waals surface area contributed by atoms with Crippen LogP contribution in [0, 0.1) is 0 Å². The lowest BCUT2D eigenvalue weighted by Gasteiger charge is -2.23. The molecule has 1 N–H and O–H groups in total. The summed E-state index contributed by atoms with van der Waals surface area (Å²) >= 11 is 3.03. The molecule has 0 aliphatic carbocycles. The molecule has 0 amide bonds. The summed E-state index contributed by atoms with van der Waals surface area (Å²) in [4.78, 5) is 2.29. The van der Waals surface area contributed by atoms with Crippen molar-refractivity contribution < 1.29 is 8.42 Å². The largest absolute Gasteiger partial charge is 0.315 e. The van der Waals surface area contributed by atoms with E-state index in [4.69, 9.17) is 0 Å². The van der Waals surface area contributed by atoms with E-state index >= 15 is 0 Å². The van der Waals surface area contributed by atoms with Crippen molar-refractivity contribution in [2.45, 2.75) is 24.4 Å². The van der Waals surface area contributed by atoms with E-state index in [0.29, 0.717) is 11.4 Å². The molecule has 0 aliphatic rings. The average Bonchev–Trinajstić information content (AvgIpc) is 3.08. The molecule has 2 aromatic rings. The first-order valence-electron chi connectivity index (χ1n) is 6.21. The van der Waals surface area contributed by atoms with Crippen LogP contribution in [0.25, 0.3) is 0 Å². The lowest BCUT2D eigenvalue weighted by atomic mass is 10.3. The van der Waals surface area contributed by atoms with Gasteiger partial charge < -0.3 is 5.32 Å². The van der Waals surface area contributed by atoms with Crippen molar-refractivity contribution >= 4 is 32.7 Å². The number of nitrogens with one attached hydrogen (secondary N) is 1. The van der Waals surface area contributed by atoms with Crippen LogP contribution in [0.3, 0.4) is 0 Å². The Kier molecular flexibility index (Phi) is 4.98. The molecule has 7 heteroatoms. The van der Waals surface area contributed by atoms with E-state index in [9.17, 15) is 8.42 Å². The van der Waals surface area contributed by atoms with Gasteiger partial charge in [-0.1, -0.05) is 6.07 Å². The van der Waals surface area contributed by atoms with Gasteiger partial charge in [0.15, 0.2) is 0 Å². The SMILES string of the molecule is CNCc1sccc1S(=O)(=O)N(C)C(C)c1cccs1. The van der Waals surface area contributed by atoms with E-state index in [2.05, 4.69) is 5.32 Å². The third-order valence-corrected chi connectivity index (χ3v) is 7.30. The van der Waals surface area contributed by atoms with Crippen molar-refractivity contribution in [1.82, 2.24) is 9.62 Å². The quantitative estimate of drug-likeness (QED) is 0.886. The fourth-order valence-corrected chi connectivity index (χ4v) is 5.58. The van der Waals surface area contributed by atoms with Crippen molar-refractivity contribution in [3.05, 3.63) is 38.7 Å². The van der Waals surface area contributed by atoms with Crippen molar-refractivity contribution in [1.29, 1.82) is 0 Å². The van der Waals surface area contributed by atoms with E-state index in [1.54, 1.807) is 24.5 Å². The normalized spacial score (nSPS) is 13.8. The molecule has 1 unspecified atom stereocenters. The Morgan fingerprint density at radius 1 is 1.30 bits per heavy atom. The lowest BCUT2D eigenvalue weighted by molar-refractivity contribution is 0.402. The third kappa shape index (κ3) is 2.96. The van der Waals surface area contributed by atoms with Gasteiger partial charge in [-0.25, -0.2) is 8.42 Å². The molecule has 0 fully saturated rings. The Morgan fingerprint density at radius 2 is 2.05 bits per heavy atom. The molecule has 0 aromatic carbocycles. The van der Waals surface area contributed by atoms with Crippen LogP contribution < -0.4 is 5.32 Å². The van der Waals surface area contributed by atoms with Gasteiger partial charge in [-0.2, -0.15) is 4.31 Å². The molecular formula is C13H18N2O2S3. The second kappa shape index (κ2) is 6.36. The number of thiophene rings is 2. The Balaban J connectivity index is 2.32. The van der Waals surface area contributed by atoms with E-state index in [0.717, 1.165) is 9.75 Å². The lowest BCUT2D eigenvalue weighted by Crippen LogP contribution is -2.30. The van der Waals surface area contributed by atoms with Crippen LogP contribution in [-0.2, 0) is 16.6 Å². The Morgan fingerprint density at radius 3 is 2.65 bits per heavy atom. The minimum Gasteiger partial charge on any atom is -0.315 e. The predicted molar refractivity (Wildman–Crippen MR) is 84.8 cm³/mol. The summed E-state index contributed by atoms with van der Waals surface area (Å²) in [5.74, 6) is 0. The highest BCUT2D eigenvalue weighted by atomic mass is 32.2. The van der Waals surface area contributed by atoms with Crippen molar-refractivity contribution in [2.24, 2.45) is 0 Å². The van der Waals surface area contributed by atoms with Gasteiger partial charge in [0.2, 0.25) is 10.0 Å². The first-order valence-corrected chi connectivity index (χ1v) is 9.40. The van der Waals surface area contributed by atoms with Gasteiger partial charge >= 0.3 is 0 Å². The Bertz CT molecular complexity index is 647. The highest BCUT2D eigenvalue weighted by Gasteiger charge is 2.29. The summed E-state index contributed by atoms with van der Waals surface area (Å²) in [5, 5.41) is 6.79. The first kappa shape index (κ1) is 15.7. The first-order chi connectivity index (χ1) is 9.48. The number of hydrogen-bond donors (Lipinski definition) is 1. The molecule has 0 saturated heterocycles. The molecule has 0 spiro atoms. The number of rotatable bonds is 6. The molecule has 4 nitrogen and oxygen atoms in total. The van der Waals surface area contributed by atoms with E-state index < -0.39 is 10.0 Å². The van der Waals surface area contributed by atoms with Crippen molar-refractivity contribution in [2.75, 3.05) is 14.1 Å². The molecule has 0 saturated carbocycles. The van der Waals surface area contributed by atoms with Crippen LogP contribution in [0.15, 0.2) is 33.9 Å². The molecule has 20 heavy (non-hydrogen) atoms. The van der Waals surface area contributed by atoms with Gasteiger partial charge in [-0.05, 0) is 36.9 Å². The number of hydrogen-bond acceptors (Lipinski definition) is 5. The van der Waals surface area contributed by atoms with Crippen molar-refractivity contribution in [3.63, 3.8) is 0 Å². The Labute approximate surface area is 128 Å². The minimum absolute atomic E-state index is 0.165. The van der Waals surface area contributed by atoms with E-state index in [1.165, 1.54) is 15.6 Å².